The van der Waals surface area contributed by atoms with Crippen LogP contribution in [0.3, 0.4) is 0 Å². The van der Waals surface area contributed by atoms with Crippen molar-refractivity contribution in [3.8, 4) is 11.8 Å². The lowest BCUT2D eigenvalue weighted by molar-refractivity contribution is 0.146. The number of hydrogen-bond acceptors (Lipinski definition) is 3. The first kappa shape index (κ1) is 9.39. The Bertz CT molecular complexity index is 346. The molecule has 0 bridgehead atoms. The maximum absolute atomic E-state index is 12.1. The van der Waals surface area contributed by atoms with Crippen LogP contribution in [-0.4, -0.2) is 12.1 Å². The Labute approximate surface area is 73.6 Å². The summed E-state index contributed by atoms with van der Waals surface area (Å²) < 4.78 is 29.0. The average molecular weight is 184 g/mol. The smallest absolute Gasteiger partial charge is 0.280 e. The van der Waals surface area contributed by atoms with Gasteiger partial charge in [0.25, 0.3) is 6.43 Å². The van der Waals surface area contributed by atoms with Crippen LogP contribution in [0.15, 0.2) is 12.3 Å². The van der Waals surface area contributed by atoms with Gasteiger partial charge in [-0.1, -0.05) is 0 Å². The molecular weight excluding hydrogens is 178 g/mol. The molecule has 68 valence electrons. The third kappa shape index (κ3) is 1.90. The molecule has 5 heteroatoms. The quantitative estimate of drug-likeness (QED) is 0.705. The molecular formula is C8H6F2N2O. The predicted octanol–water partition coefficient (Wildman–Crippen LogP) is 1.90. The summed E-state index contributed by atoms with van der Waals surface area (Å²) in [5.41, 5.74) is -0.356. The number of nitrogens with zero attached hydrogens (tertiary/aromatic N) is 2. The molecule has 0 aliphatic rings. The maximum Gasteiger partial charge on any atom is 0.280 e. The first-order valence-corrected chi connectivity index (χ1v) is 3.41. The van der Waals surface area contributed by atoms with Crippen molar-refractivity contribution < 1.29 is 13.5 Å². The van der Waals surface area contributed by atoms with E-state index in [0.29, 0.717) is 0 Å². The second-order valence-corrected chi connectivity index (χ2v) is 2.22. The van der Waals surface area contributed by atoms with Gasteiger partial charge in [-0.25, -0.2) is 8.78 Å². The van der Waals surface area contributed by atoms with Gasteiger partial charge < -0.3 is 4.74 Å². The summed E-state index contributed by atoms with van der Waals surface area (Å²) in [6.07, 6.45) is -1.56. The van der Waals surface area contributed by atoms with E-state index in [4.69, 9.17) is 10.00 Å². The van der Waals surface area contributed by atoms with E-state index in [1.54, 1.807) is 6.07 Å². The summed E-state index contributed by atoms with van der Waals surface area (Å²) >= 11 is 0. The number of methoxy groups -OCH3 is 1. The number of rotatable bonds is 2. The van der Waals surface area contributed by atoms with Crippen molar-refractivity contribution in [2.45, 2.75) is 6.43 Å². The number of hydrogen-bond donors (Lipinski definition) is 0. The fourth-order valence-corrected chi connectivity index (χ4v) is 0.828. The van der Waals surface area contributed by atoms with Crippen LogP contribution in [0.1, 0.15) is 17.7 Å². The van der Waals surface area contributed by atoms with E-state index in [2.05, 4.69) is 4.98 Å². The van der Waals surface area contributed by atoms with Crippen molar-refractivity contribution in [2.75, 3.05) is 7.11 Å². The van der Waals surface area contributed by atoms with Gasteiger partial charge in [0.2, 0.25) is 0 Å². The third-order valence-electron chi connectivity index (χ3n) is 1.45. The standard InChI is InChI=1S/C8H6F2N2O/c1-13-7-4-12-6(8(9)10)2-5(7)3-11/h2,4,8H,1H3. The van der Waals surface area contributed by atoms with E-state index in [9.17, 15) is 8.78 Å². The Morgan fingerprint density at radius 3 is 2.77 bits per heavy atom. The van der Waals surface area contributed by atoms with Gasteiger partial charge >= 0.3 is 0 Å². The Hall–Kier alpha value is -1.70. The molecule has 1 heterocycles. The predicted molar refractivity (Wildman–Crippen MR) is 40.5 cm³/mol. The lowest BCUT2D eigenvalue weighted by Crippen LogP contribution is -1.94. The van der Waals surface area contributed by atoms with Crippen LogP contribution in [0.25, 0.3) is 0 Å². The Morgan fingerprint density at radius 1 is 1.62 bits per heavy atom. The van der Waals surface area contributed by atoms with Crippen LogP contribution >= 0.6 is 0 Å². The molecule has 0 aromatic carbocycles. The van der Waals surface area contributed by atoms with Crippen molar-refractivity contribution in [1.29, 1.82) is 5.26 Å². The summed E-state index contributed by atoms with van der Waals surface area (Å²) in [5.74, 6) is 0.201. The lowest BCUT2D eigenvalue weighted by Gasteiger charge is -2.03. The van der Waals surface area contributed by atoms with Crippen LogP contribution in [0.4, 0.5) is 8.78 Å². The third-order valence-corrected chi connectivity index (χ3v) is 1.45. The van der Waals surface area contributed by atoms with Crippen molar-refractivity contribution in [2.24, 2.45) is 0 Å². The summed E-state index contributed by atoms with van der Waals surface area (Å²) in [5, 5.41) is 8.55. The minimum Gasteiger partial charge on any atom is -0.494 e. The van der Waals surface area contributed by atoms with Crippen molar-refractivity contribution in [3.05, 3.63) is 23.5 Å². The number of halogens is 2. The van der Waals surface area contributed by atoms with Crippen molar-refractivity contribution in [1.82, 2.24) is 4.98 Å². The van der Waals surface area contributed by atoms with Gasteiger partial charge in [0.05, 0.1) is 18.9 Å². The first-order valence-electron chi connectivity index (χ1n) is 3.41. The Morgan fingerprint density at radius 2 is 2.31 bits per heavy atom. The average Bonchev–Trinajstić information content (AvgIpc) is 2.16. The van der Waals surface area contributed by atoms with E-state index in [0.717, 1.165) is 12.3 Å². The molecule has 0 aliphatic heterocycles. The zero-order valence-electron chi connectivity index (χ0n) is 6.79. The molecule has 1 rings (SSSR count). The largest absolute Gasteiger partial charge is 0.494 e. The fourth-order valence-electron chi connectivity index (χ4n) is 0.828. The van der Waals surface area contributed by atoms with E-state index in [-0.39, 0.29) is 11.3 Å². The van der Waals surface area contributed by atoms with Crippen LogP contribution < -0.4 is 4.74 Å². The van der Waals surface area contributed by atoms with Crippen LogP contribution in [-0.2, 0) is 0 Å². The second kappa shape index (κ2) is 3.81. The highest BCUT2D eigenvalue weighted by molar-refractivity contribution is 5.42. The molecule has 0 unspecified atom stereocenters. The first-order chi connectivity index (χ1) is 6.19. The molecule has 0 aliphatic carbocycles. The summed E-state index contributed by atoms with van der Waals surface area (Å²) in [7, 11) is 1.35. The van der Waals surface area contributed by atoms with Gasteiger partial charge in [-0.3, -0.25) is 4.98 Å². The molecule has 0 atom stereocenters. The SMILES string of the molecule is COc1cnc(C(F)F)cc1C#N. The molecule has 3 nitrogen and oxygen atoms in total. The summed E-state index contributed by atoms with van der Waals surface area (Å²) in [6.45, 7) is 0. The lowest BCUT2D eigenvalue weighted by atomic mass is 10.2. The number of aromatic nitrogens is 1. The summed E-state index contributed by atoms with van der Waals surface area (Å²) in [4.78, 5) is 3.43. The highest BCUT2D eigenvalue weighted by atomic mass is 19.3. The molecule has 0 spiro atoms. The zero-order chi connectivity index (χ0) is 9.84. The van der Waals surface area contributed by atoms with E-state index < -0.39 is 12.1 Å². The van der Waals surface area contributed by atoms with Gasteiger partial charge in [-0.15, -0.1) is 0 Å². The fraction of sp³-hybridized carbons (Fsp3) is 0.250. The van der Waals surface area contributed by atoms with Crippen LogP contribution in [0.2, 0.25) is 0 Å². The zero-order valence-corrected chi connectivity index (χ0v) is 6.79. The van der Waals surface area contributed by atoms with Crippen molar-refractivity contribution in [3.63, 3.8) is 0 Å². The number of nitriles is 1. The highest BCUT2D eigenvalue weighted by Gasteiger charge is 2.12. The minimum absolute atomic E-state index is 0.0628. The maximum atomic E-state index is 12.1. The highest BCUT2D eigenvalue weighted by Crippen LogP contribution is 2.22. The van der Waals surface area contributed by atoms with Crippen LogP contribution in [0, 0.1) is 11.3 Å². The molecule has 1 aromatic heterocycles. The van der Waals surface area contributed by atoms with Gasteiger partial charge in [-0.2, -0.15) is 5.26 Å². The molecule has 13 heavy (non-hydrogen) atoms. The number of pyridine rings is 1. The van der Waals surface area contributed by atoms with Gasteiger partial charge in [0.15, 0.2) is 5.75 Å². The monoisotopic (exact) mass is 184 g/mol. The number of ether oxygens (including phenoxy) is 1. The minimum atomic E-state index is -2.67. The van der Waals surface area contributed by atoms with Gasteiger partial charge in [0.1, 0.15) is 11.8 Å². The van der Waals surface area contributed by atoms with Crippen molar-refractivity contribution >= 4 is 0 Å². The van der Waals surface area contributed by atoms with E-state index in [1.807, 2.05) is 0 Å². The molecule has 0 amide bonds. The summed E-state index contributed by atoms with van der Waals surface area (Å²) in [6, 6.07) is 2.76. The van der Waals surface area contributed by atoms with E-state index >= 15 is 0 Å². The second-order valence-electron chi connectivity index (χ2n) is 2.22. The normalized spacial score (nSPS) is 9.77. The van der Waals surface area contributed by atoms with E-state index in [1.165, 1.54) is 7.11 Å². The van der Waals surface area contributed by atoms with Gasteiger partial charge in [-0.05, 0) is 6.07 Å². The topological polar surface area (TPSA) is 45.9 Å². The molecule has 0 fully saturated rings. The Balaban J connectivity index is 3.15. The molecule has 0 saturated carbocycles. The number of alkyl halides is 2. The van der Waals surface area contributed by atoms with Crippen LogP contribution in [0.5, 0.6) is 5.75 Å². The van der Waals surface area contributed by atoms with Gasteiger partial charge in [0, 0.05) is 0 Å². The molecule has 0 N–H and O–H groups in total. The molecule has 0 saturated heterocycles. The molecule has 1 aromatic rings. The Kier molecular flexibility index (Phi) is 2.75. The molecule has 0 radical (unpaired) electrons.